The molecule has 1 N–H and O–H groups in total. The summed E-state index contributed by atoms with van der Waals surface area (Å²) in [4.78, 5) is 2.31. The Morgan fingerprint density at radius 3 is 2.52 bits per heavy atom. The van der Waals surface area contributed by atoms with Crippen LogP contribution in [0.1, 0.15) is 18.4 Å². The van der Waals surface area contributed by atoms with Gasteiger partial charge in [-0.3, -0.25) is 4.72 Å². The highest BCUT2D eigenvalue weighted by atomic mass is 35.5. The maximum atomic E-state index is 13.0. The Morgan fingerprint density at radius 1 is 1.06 bits per heavy atom. The number of hydrogen-bond acceptors (Lipinski definition) is 6. The van der Waals surface area contributed by atoms with Crippen molar-refractivity contribution in [2.75, 3.05) is 29.8 Å². The van der Waals surface area contributed by atoms with Crippen molar-refractivity contribution < 1.29 is 13.2 Å². The molecule has 162 valence electrons. The van der Waals surface area contributed by atoms with E-state index in [2.05, 4.69) is 19.8 Å². The summed E-state index contributed by atoms with van der Waals surface area (Å²) in [6.45, 7) is 3.70. The van der Waals surface area contributed by atoms with E-state index in [-0.39, 0.29) is 9.92 Å². The number of halogens is 1. The molecule has 1 saturated heterocycles. The highest BCUT2D eigenvalue weighted by Crippen LogP contribution is 2.31. The number of sulfonamides is 1. The van der Waals surface area contributed by atoms with Gasteiger partial charge in [-0.05, 0) is 61.7 Å². The number of aryl methyl sites for hydroxylation is 1. The van der Waals surface area contributed by atoms with Crippen LogP contribution in [-0.2, 0) is 10.0 Å². The predicted molar refractivity (Wildman–Crippen MR) is 122 cm³/mol. The number of ether oxygens (including phenoxy) is 1. The van der Waals surface area contributed by atoms with Crippen LogP contribution in [0.25, 0.3) is 11.3 Å². The first-order chi connectivity index (χ1) is 14.9. The topological polar surface area (TPSA) is 84.4 Å². The molecule has 1 fully saturated rings. The van der Waals surface area contributed by atoms with Crippen LogP contribution in [0.4, 0.5) is 11.5 Å². The Morgan fingerprint density at radius 2 is 1.84 bits per heavy atom. The second-order valence-corrected chi connectivity index (χ2v) is 9.47. The van der Waals surface area contributed by atoms with Gasteiger partial charge >= 0.3 is 0 Å². The van der Waals surface area contributed by atoms with Crippen molar-refractivity contribution in [3.8, 4) is 17.0 Å². The van der Waals surface area contributed by atoms with Crippen LogP contribution in [0, 0.1) is 6.92 Å². The minimum atomic E-state index is -3.84. The van der Waals surface area contributed by atoms with Gasteiger partial charge in [0.05, 0.1) is 22.7 Å². The van der Waals surface area contributed by atoms with E-state index >= 15 is 0 Å². The number of hydrogen-bond donors (Lipinski definition) is 1. The SMILES string of the molecule is COc1cc(C)c(S(=O)(=O)Nc2cccc(-c3ccc(N4CCCC4)nn3)c2)cc1Cl. The molecule has 0 amide bonds. The molecule has 31 heavy (non-hydrogen) atoms. The first-order valence-corrected chi connectivity index (χ1v) is 11.8. The van der Waals surface area contributed by atoms with Gasteiger partial charge in [0.1, 0.15) is 5.75 Å². The van der Waals surface area contributed by atoms with Crippen LogP contribution in [-0.4, -0.2) is 38.8 Å². The summed E-state index contributed by atoms with van der Waals surface area (Å²) in [6.07, 6.45) is 2.34. The molecule has 1 aromatic heterocycles. The largest absolute Gasteiger partial charge is 0.495 e. The van der Waals surface area contributed by atoms with Gasteiger partial charge < -0.3 is 9.64 Å². The zero-order chi connectivity index (χ0) is 22.0. The molecular weight excluding hydrogens is 436 g/mol. The number of anilines is 2. The highest BCUT2D eigenvalue weighted by molar-refractivity contribution is 7.92. The fourth-order valence-corrected chi connectivity index (χ4v) is 5.24. The Hall–Kier alpha value is -2.84. The van der Waals surface area contributed by atoms with E-state index in [9.17, 15) is 8.42 Å². The minimum absolute atomic E-state index is 0.0958. The summed E-state index contributed by atoms with van der Waals surface area (Å²) in [6, 6.07) is 13.9. The molecule has 4 rings (SSSR count). The zero-order valence-electron chi connectivity index (χ0n) is 17.3. The number of methoxy groups -OCH3 is 1. The van der Waals surface area contributed by atoms with Crippen LogP contribution in [0.15, 0.2) is 53.4 Å². The second-order valence-electron chi connectivity index (χ2n) is 7.41. The normalized spacial score (nSPS) is 14.0. The molecule has 0 aliphatic carbocycles. The number of rotatable bonds is 6. The molecular formula is C22H23ClN4O3S. The van der Waals surface area contributed by atoms with E-state index in [1.807, 2.05) is 18.2 Å². The van der Waals surface area contributed by atoms with Crippen molar-refractivity contribution in [3.63, 3.8) is 0 Å². The van der Waals surface area contributed by atoms with Gasteiger partial charge in [0.2, 0.25) is 0 Å². The number of aromatic nitrogens is 2. The van der Waals surface area contributed by atoms with Gasteiger partial charge in [-0.15, -0.1) is 10.2 Å². The van der Waals surface area contributed by atoms with E-state index < -0.39 is 10.0 Å². The first kappa shape index (κ1) is 21.4. The molecule has 9 heteroatoms. The summed E-state index contributed by atoms with van der Waals surface area (Å²) >= 11 is 6.14. The first-order valence-electron chi connectivity index (χ1n) is 9.93. The lowest BCUT2D eigenvalue weighted by Gasteiger charge is -2.15. The van der Waals surface area contributed by atoms with Crippen LogP contribution in [0.3, 0.4) is 0 Å². The average molecular weight is 459 g/mol. The lowest BCUT2D eigenvalue weighted by Crippen LogP contribution is -2.19. The van der Waals surface area contributed by atoms with Crippen LogP contribution in [0.2, 0.25) is 5.02 Å². The molecule has 7 nitrogen and oxygen atoms in total. The average Bonchev–Trinajstić information content (AvgIpc) is 3.30. The third kappa shape index (κ3) is 4.60. The zero-order valence-corrected chi connectivity index (χ0v) is 18.9. The van der Waals surface area contributed by atoms with Gasteiger partial charge in [0.25, 0.3) is 10.0 Å². The predicted octanol–water partition coefficient (Wildman–Crippen LogP) is 4.52. The van der Waals surface area contributed by atoms with Gasteiger partial charge in [0.15, 0.2) is 5.82 Å². The summed E-state index contributed by atoms with van der Waals surface area (Å²) < 4.78 is 33.7. The number of nitrogens with one attached hydrogen (secondary N) is 1. The molecule has 1 aliphatic heterocycles. The van der Waals surface area contributed by atoms with E-state index in [0.29, 0.717) is 22.7 Å². The van der Waals surface area contributed by atoms with Crippen molar-refractivity contribution in [2.45, 2.75) is 24.7 Å². The van der Waals surface area contributed by atoms with Gasteiger partial charge in [-0.2, -0.15) is 0 Å². The van der Waals surface area contributed by atoms with Crippen molar-refractivity contribution in [2.24, 2.45) is 0 Å². The monoisotopic (exact) mass is 458 g/mol. The Bertz CT molecular complexity index is 1190. The molecule has 2 heterocycles. The summed E-state index contributed by atoms with van der Waals surface area (Å²) in [7, 11) is -2.36. The summed E-state index contributed by atoms with van der Waals surface area (Å²) in [5.74, 6) is 1.29. The fraction of sp³-hybridized carbons (Fsp3) is 0.273. The van der Waals surface area contributed by atoms with Gasteiger partial charge in [0, 0.05) is 24.3 Å². The van der Waals surface area contributed by atoms with E-state index in [4.69, 9.17) is 16.3 Å². The van der Waals surface area contributed by atoms with Crippen molar-refractivity contribution in [3.05, 3.63) is 59.1 Å². The van der Waals surface area contributed by atoms with E-state index in [1.54, 1.807) is 31.2 Å². The molecule has 1 aliphatic rings. The molecule has 0 atom stereocenters. The third-order valence-corrected chi connectivity index (χ3v) is 7.05. The van der Waals surface area contributed by atoms with Gasteiger partial charge in [-0.1, -0.05) is 23.7 Å². The maximum Gasteiger partial charge on any atom is 0.262 e. The van der Waals surface area contributed by atoms with Gasteiger partial charge in [-0.25, -0.2) is 8.42 Å². The molecule has 0 saturated carbocycles. The Kier molecular flexibility index (Phi) is 6.02. The van der Waals surface area contributed by atoms with Crippen LogP contribution < -0.4 is 14.4 Å². The molecule has 0 spiro atoms. The maximum absolute atomic E-state index is 13.0. The van der Waals surface area contributed by atoms with Crippen LogP contribution >= 0.6 is 11.6 Å². The molecule has 0 radical (unpaired) electrons. The van der Waals surface area contributed by atoms with Crippen molar-refractivity contribution in [1.29, 1.82) is 0 Å². The summed E-state index contributed by atoms with van der Waals surface area (Å²) in [5, 5.41) is 8.90. The van der Waals surface area contributed by atoms with E-state index in [1.165, 1.54) is 26.0 Å². The highest BCUT2D eigenvalue weighted by Gasteiger charge is 2.20. The molecule has 0 bridgehead atoms. The lowest BCUT2D eigenvalue weighted by atomic mass is 10.1. The fourth-order valence-electron chi connectivity index (χ4n) is 3.63. The Labute approximate surface area is 187 Å². The third-order valence-electron chi connectivity index (χ3n) is 5.23. The minimum Gasteiger partial charge on any atom is -0.495 e. The quantitative estimate of drug-likeness (QED) is 0.584. The van der Waals surface area contributed by atoms with Crippen molar-refractivity contribution in [1.82, 2.24) is 10.2 Å². The molecule has 0 unspecified atom stereocenters. The summed E-state index contributed by atoms with van der Waals surface area (Å²) in [5.41, 5.74) is 2.40. The molecule has 3 aromatic rings. The Balaban J connectivity index is 1.58. The van der Waals surface area contributed by atoms with Crippen molar-refractivity contribution >= 4 is 33.1 Å². The smallest absolute Gasteiger partial charge is 0.262 e. The number of benzene rings is 2. The lowest BCUT2D eigenvalue weighted by molar-refractivity contribution is 0.414. The number of nitrogens with zero attached hydrogens (tertiary/aromatic N) is 3. The standard InChI is InChI=1S/C22H23ClN4O3S/c1-15-12-20(30-2)18(23)14-21(15)31(28,29)26-17-7-5-6-16(13-17)19-8-9-22(25-24-19)27-10-3-4-11-27/h5-9,12-14,26H,3-4,10-11H2,1-2H3. The second kappa shape index (κ2) is 8.72. The molecule has 2 aromatic carbocycles. The van der Waals surface area contributed by atoms with Crippen LogP contribution in [0.5, 0.6) is 5.75 Å². The van der Waals surface area contributed by atoms with E-state index in [0.717, 1.165) is 24.5 Å².